The summed E-state index contributed by atoms with van der Waals surface area (Å²) >= 11 is 0. The molecule has 1 aliphatic rings. The van der Waals surface area contributed by atoms with Crippen LogP contribution in [0.3, 0.4) is 0 Å². The van der Waals surface area contributed by atoms with E-state index in [4.69, 9.17) is 4.74 Å². The first-order valence-electron chi connectivity index (χ1n) is 9.88. The van der Waals surface area contributed by atoms with Crippen molar-refractivity contribution >= 4 is 11.9 Å². The SMILES string of the molecule is Cc1nn(Cc2ccccc2)c(C)c1C(=O)OCC(=O)N1C[C@H](C)C[C@H](C)C1. The van der Waals surface area contributed by atoms with E-state index in [2.05, 4.69) is 18.9 Å². The molecule has 3 rings (SSSR count). The third-order valence-corrected chi connectivity index (χ3v) is 5.31. The minimum atomic E-state index is -0.485. The fraction of sp³-hybridized carbons (Fsp3) is 0.500. The van der Waals surface area contributed by atoms with Crippen LogP contribution in [0.2, 0.25) is 0 Å². The van der Waals surface area contributed by atoms with Gasteiger partial charge in [-0.1, -0.05) is 44.2 Å². The Morgan fingerprint density at radius 2 is 1.75 bits per heavy atom. The molecule has 6 heteroatoms. The maximum atomic E-state index is 12.6. The molecule has 1 fully saturated rings. The van der Waals surface area contributed by atoms with Crippen molar-refractivity contribution < 1.29 is 14.3 Å². The Bertz CT molecular complexity index is 834. The maximum absolute atomic E-state index is 12.6. The van der Waals surface area contributed by atoms with Crippen LogP contribution in [-0.2, 0) is 16.1 Å². The van der Waals surface area contributed by atoms with Gasteiger partial charge in [-0.3, -0.25) is 9.48 Å². The summed E-state index contributed by atoms with van der Waals surface area (Å²) in [5.74, 6) is 0.340. The quantitative estimate of drug-likeness (QED) is 0.744. The van der Waals surface area contributed by atoms with Crippen molar-refractivity contribution in [1.29, 1.82) is 0 Å². The van der Waals surface area contributed by atoms with Crippen molar-refractivity contribution in [3.8, 4) is 0 Å². The van der Waals surface area contributed by atoms with Gasteiger partial charge in [0.25, 0.3) is 5.91 Å². The van der Waals surface area contributed by atoms with Crippen LogP contribution in [0.1, 0.15) is 47.6 Å². The summed E-state index contributed by atoms with van der Waals surface area (Å²) < 4.78 is 7.16. The third-order valence-electron chi connectivity index (χ3n) is 5.31. The molecule has 2 heterocycles. The fourth-order valence-electron chi connectivity index (χ4n) is 4.06. The predicted molar refractivity (Wildman–Crippen MR) is 107 cm³/mol. The highest BCUT2D eigenvalue weighted by molar-refractivity contribution is 5.93. The molecule has 150 valence electrons. The molecular formula is C22H29N3O3. The summed E-state index contributed by atoms with van der Waals surface area (Å²) in [4.78, 5) is 26.9. The van der Waals surface area contributed by atoms with E-state index in [-0.39, 0.29) is 12.5 Å². The second-order valence-electron chi connectivity index (χ2n) is 8.01. The average Bonchev–Trinajstić information content (AvgIpc) is 2.93. The molecule has 2 atom stereocenters. The monoisotopic (exact) mass is 383 g/mol. The van der Waals surface area contributed by atoms with Gasteiger partial charge in [-0.25, -0.2) is 4.79 Å². The summed E-state index contributed by atoms with van der Waals surface area (Å²) in [7, 11) is 0. The molecule has 2 aromatic rings. The maximum Gasteiger partial charge on any atom is 0.342 e. The van der Waals surface area contributed by atoms with E-state index < -0.39 is 5.97 Å². The van der Waals surface area contributed by atoms with Gasteiger partial charge in [0.2, 0.25) is 0 Å². The number of benzene rings is 1. The van der Waals surface area contributed by atoms with Gasteiger partial charge in [0, 0.05) is 13.1 Å². The summed E-state index contributed by atoms with van der Waals surface area (Å²) in [5.41, 5.74) is 2.92. The summed E-state index contributed by atoms with van der Waals surface area (Å²) in [6, 6.07) is 9.96. The number of aromatic nitrogens is 2. The van der Waals surface area contributed by atoms with Crippen molar-refractivity contribution in [2.45, 2.75) is 40.7 Å². The van der Waals surface area contributed by atoms with Gasteiger partial charge in [-0.2, -0.15) is 5.10 Å². The topological polar surface area (TPSA) is 64.4 Å². The van der Waals surface area contributed by atoms with Crippen LogP contribution >= 0.6 is 0 Å². The van der Waals surface area contributed by atoms with E-state index in [1.165, 1.54) is 0 Å². The molecule has 1 aliphatic heterocycles. The highest BCUT2D eigenvalue weighted by Gasteiger charge is 2.27. The number of carbonyl (C=O) groups is 2. The molecule has 6 nitrogen and oxygen atoms in total. The van der Waals surface area contributed by atoms with Crippen molar-refractivity contribution in [3.05, 3.63) is 52.8 Å². The Labute approximate surface area is 166 Å². The molecule has 1 aromatic heterocycles. The second kappa shape index (κ2) is 8.59. The molecule has 0 radical (unpaired) electrons. The number of hydrogen-bond acceptors (Lipinski definition) is 4. The zero-order valence-corrected chi connectivity index (χ0v) is 17.1. The van der Waals surface area contributed by atoms with Gasteiger partial charge < -0.3 is 9.64 Å². The molecule has 0 aliphatic carbocycles. The van der Waals surface area contributed by atoms with Gasteiger partial charge in [0.15, 0.2) is 6.61 Å². The number of nitrogens with zero attached hydrogens (tertiary/aromatic N) is 3. The van der Waals surface area contributed by atoms with Crippen LogP contribution in [0.25, 0.3) is 0 Å². The van der Waals surface area contributed by atoms with E-state index in [1.54, 1.807) is 11.6 Å². The van der Waals surface area contributed by atoms with Crippen molar-refractivity contribution in [3.63, 3.8) is 0 Å². The van der Waals surface area contributed by atoms with Gasteiger partial charge in [-0.15, -0.1) is 0 Å². The molecular weight excluding hydrogens is 354 g/mol. The lowest BCUT2D eigenvalue weighted by Gasteiger charge is -2.34. The van der Waals surface area contributed by atoms with Gasteiger partial charge in [0.1, 0.15) is 5.56 Å². The Morgan fingerprint density at radius 1 is 1.11 bits per heavy atom. The Hall–Kier alpha value is -2.63. The number of rotatable bonds is 5. The van der Waals surface area contributed by atoms with Crippen LogP contribution in [0.15, 0.2) is 30.3 Å². The highest BCUT2D eigenvalue weighted by Crippen LogP contribution is 2.21. The highest BCUT2D eigenvalue weighted by atomic mass is 16.5. The molecule has 0 bridgehead atoms. The number of likely N-dealkylation sites (tertiary alicyclic amines) is 1. The van der Waals surface area contributed by atoms with Crippen LogP contribution in [0.4, 0.5) is 0 Å². The average molecular weight is 383 g/mol. The number of carbonyl (C=O) groups excluding carboxylic acids is 2. The van der Waals surface area contributed by atoms with E-state index in [9.17, 15) is 9.59 Å². The fourth-order valence-corrected chi connectivity index (χ4v) is 4.06. The first-order valence-corrected chi connectivity index (χ1v) is 9.88. The standard InChI is InChI=1S/C22H29N3O3/c1-15-10-16(2)12-24(11-15)20(26)14-28-22(27)21-17(3)23-25(18(21)4)13-19-8-6-5-7-9-19/h5-9,15-16H,10-14H2,1-4H3/t15-,16+. The largest absolute Gasteiger partial charge is 0.452 e. The van der Waals surface area contributed by atoms with Crippen LogP contribution in [0.5, 0.6) is 0 Å². The smallest absolute Gasteiger partial charge is 0.342 e. The molecule has 1 amide bonds. The Balaban J connectivity index is 1.63. The summed E-state index contributed by atoms with van der Waals surface area (Å²) in [5, 5.41) is 4.48. The van der Waals surface area contributed by atoms with Gasteiger partial charge in [-0.05, 0) is 37.7 Å². The molecule has 0 unspecified atom stereocenters. The molecule has 0 spiro atoms. The van der Waals surface area contributed by atoms with Crippen LogP contribution in [0, 0.1) is 25.7 Å². The molecule has 0 saturated carbocycles. The number of ether oxygens (including phenoxy) is 1. The van der Waals surface area contributed by atoms with Crippen LogP contribution < -0.4 is 0 Å². The minimum absolute atomic E-state index is 0.126. The normalized spacial score (nSPS) is 19.5. The second-order valence-corrected chi connectivity index (χ2v) is 8.01. The van der Waals surface area contributed by atoms with Crippen molar-refractivity contribution in [2.24, 2.45) is 11.8 Å². The van der Waals surface area contributed by atoms with Crippen LogP contribution in [-0.4, -0.2) is 46.3 Å². The van der Waals surface area contributed by atoms with Gasteiger partial charge >= 0.3 is 5.97 Å². The first kappa shape index (κ1) is 20.1. The van der Waals surface area contributed by atoms with E-state index in [0.29, 0.717) is 29.6 Å². The summed E-state index contributed by atoms with van der Waals surface area (Å²) in [6.45, 7) is 9.77. The third kappa shape index (κ3) is 4.61. The summed E-state index contributed by atoms with van der Waals surface area (Å²) in [6.07, 6.45) is 1.13. The van der Waals surface area contributed by atoms with Gasteiger partial charge in [0.05, 0.1) is 17.9 Å². The zero-order valence-electron chi connectivity index (χ0n) is 17.1. The Morgan fingerprint density at radius 3 is 2.39 bits per heavy atom. The lowest BCUT2D eigenvalue weighted by Crippen LogP contribution is -2.44. The van der Waals surface area contributed by atoms with E-state index >= 15 is 0 Å². The Kier molecular flexibility index (Phi) is 6.17. The first-order chi connectivity index (χ1) is 13.3. The van der Waals surface area contributed by atoms with E-state index in [0.717, 1.165) is 30.8 Å². The molecule has 28 heavy (non-hydrogen) atoms. The zero-order chi connectivity index (χ0) is 20.3. The lowest BCUT2D eigenvalue weighted by atomic mass is 9.92. The number of amides is 1. The number of piperidine rings is 1. The lowest BCUT2D eigenvalue weighted by molar-refractivity contribution is -0.137. The molecule has 0 N–H and O–H groups in total. The van der Waals surface area contributed by atoms with Crippen molar-refractivity contribution in [2.75, 3.05) is 19.7 Å². The number of esters is 1. The molecule has 1 aromatic carbocycles. The minimum Gasteiger partial charge on any atom is -0.452 e. The molecule has 1 saturated heterocycles. The number of hydrogen-bond donors (Lipinski definition) is 0. The predicted octanol–water partition coefficient (Wildman–Crippen LogP) is 3.21. The van der Waals surface area contributed by atoms with E-state index in [1.807, 2.05) is 42.2 Å². The van der Waals surface area contributed by atoms with Crippen molar-refractivity contribution in [1.82, 2.24) is 14.7 Å². The number of aryl methyl sites for hydroxylation is 1.